The van der Waals surface area contributed by atoms with E-state index in [4.69, 9.17) is 4.98 Å². The highest BCUT2D eigenvalue weighted by molar-refractivity contribution is 7.86. The fourth-order valence-corrected chi connectivity index (χ4v) is 4.24. The average molecular weight is 349 g/mol. The van der Waals surface area contributed by atoms with Crippen LogP contribution >= 0.6 is 0 Å². The van der Waals surface area contributed by atoms with Crippen molar-refractivity contribution in [1.29, 1.82) is 0 Å². The SMILES string of the molecule is Cc1nccn1-c1cccc(C2CCCN(S(=O)(=O)N(C)C)C2)n1. The van der Waals surface area contributed by atoms with E-state index in [2.05, 4.69) is 4.98 Å². The molecular weight excluding hydrogens is 326 g/mol. The smallest absolute Gasteiger partial charge is 0.281 e. The van der Waals surface area contributed by atoms with Crippen LogP contribution in [0, 0.1) is 6.92 Å². The molecule has 0 radical (unpaired) electrons. The zero-order chi connectivity index (χ0) is 17.3. The van der Waals surface area contributed by atoms with Crippen LogP contribution in [0.4, 0.5) is 0 Å². The van der Waals surface area contributed by atoms with Gasteiger partial charge in [-0.3, -0.25) is 4.57 Å². The number of hydrogen-bond acceptors (Lipinski definition) is 4. The lowest BCUT2D eigenvalue weighted by molar-refractivity contribution is 0.296. The van der Waals surface area contributed by atoms with Crippen LogP contribution in [0.1, 0.15) is 30.3 Å². The number of nitrogens with zero attached hydrogens (tertiary/aromatic N) is 5. The number of hydrogen-bond donors (Lipinski definition) is 0. The Kier molecular flexibility index (Phi) is 4.71. The van der Waals surface area contributed by atoms with Gasteiger partial charge in [-0.1, -0.05) is 6.07 Å². The highest BCUT2D eigenvalue weighted by Gasteiger charge is 2.31. The first kappa shape index (κ1) is 17.1. The maximum atomic E-state index is 12.4. The third-order valence-electron chi connectivity index (χ3n) is 4.42. The second kappa shape index (κ2) is 6.62. The molecule has 0 spiro atoms. The third kappa shape index (κ3) is 3.22. The third-order valence-corrected chi connectivity index (χ3v) is 6.33. The molecule has 1 atom stereocenters. The van der Waals surface area contributed by atoms with Crippen molar-refractivity contribution in [3.8, 4) is 5.82 Å². The molecule has 0 saturated carbocycles. The van der Waals surface area contributed by atoms with Gasteiger partial charge < -0.3 is 0 Å². The molecular formula is C16H23N5O2S. The Hall–Kier alpha value is -1.77. The average Bonchev–Trinajstić information content (AvgIpc) is 3.01. The summed E-state index contributed by atoms with van der Waals surface area (Å²) in [5.74, 6) is 1.80. The minimum absolute atomic E-state index is 0.109. The summed E-state index contributed by atoms with van der Waals surface area (Å²) in [6.45, 7) is 2.97. The summed E-state index contributed by atoms with van der Waals surface area (Å²) in [7, 11) is -0.239. The molecule has 2 aromatic rings. The van der Waals surface area contributed by atoms with Gasteiger partial charge in [0, 0.05) is 51.2 Å². The topological polar surface area (TPSA) is 71.3 Å². The van der Waals surface area contributed by atoms with E-state index in [1.807, 2.05) is 35.9 Å². The van der Waals surface area contributed by atoms with E-state index in [0.29, 0.717) is 13.1 Å². The van der Waals surface area contributed by atoms with E-state index in [-0.39, 0.29) is 5.92 Å². The lowest BCUT2D eigenvalue weighted by Crippen LogP contribution is -2.45. The molecule has 0 amide bonds. The standard InChI is InChI=1S/C16H23N5O2S/c1-13-17-9-11-21(13)16-8-4-7-15(18-16)14-6-5-10-20(12-14)24(22,23)19(2)3/h4,7-9,11,14H,5-6,10,12H2,1-3H3. The molecule has 1 fully saturated rings. The van der Waals surface area contributed by atoms with Gasteiger partial charge in [-0.15, -0.1) is 0 Å². The van der Waals surface area contributed by atoms with Crippen LogP contribution in [-0.2, 0) is 10.2 Å². The van der Waals surface area contributed by atoms with Crippen molar-refractivity contribution in [1.82, 2.24) is 23.1 Å². The van der Waals surface area contributed by atoms with Gasteiger partial charge in [0.05, 0.1) is 0 Å². The van der Waals surface area contributed by atoms with Crippen LogP contribution in [0.25, 0.3) is 5.82 Å². The first-order valence-corrected chi connectivity index (χ1v) is 9.44. The first-order chi connectivity index (χ1) is 11.4. The van der Waals surface area contributed by atoms with Crippen molar-refractivity contribution in [3.63, 3.8) is 0 Å². The van der Waals surface area contributed by atoms with Gasteiger partial charge in [0.2, 0.25) is 0 Å². The Labute approximate surface area is 143 Å². The van der Waals surface area contributed by atoms with Crippen LogP contribution < -0.4 is 0 Å². The number of rotatable bonds is 4. The first-order valence-electron chi connectivity index (χ1n) is 8.04. The summed E-state index contributed by atoms with van der Waals surface area (Å²) in [6, 6.07) is 5.89. The molecule has 24 heavy (non-hydrogen) atoms. The maximum Gasteiger partial charge on any atom is 0.281 e. The summed E-state index contributed by atoms with van der Waals surface area (Å²) in [4.78, 5) is 8.98. The molecule has 1 saturated heterocycles. The van der Waals surface area contributed by atoms with Gasteiger partial charge in [0.1, 0.15) is 11.6 Å². The van der Waals surface area contributed by atoms with Gasteiger partial charge in [-0.05, 0) is 31.9 Å². The quantitative estimate of drug-likeness (QED) is 0.840. The van der Waals surface area contributed by atoms with E-state index >= 15 is 0 Å². The lowest BCUT2D eigenvalue weighted by Gasteiger charge is -2.33. The fraction of sp³-hybridized carbons (Fsp3) is 0.500. The normalized spacial score (nSPS) is 19.8. The minimum atomic E-state index is -3.38. The molecule has 130 valence electrons. The number of imidazole rings is 1. The van der Waals surface area contributed by atoms with Crippen LogP contribution in [-0.4, -0.2) is 58.7 Å². The molecule has 3 rings (SSSR count). The zero-order valence-corrected chi connectivity index (χ0v) is 15.1. The Morgan fingerprint density at radius 2 is 2.08 bits per heavy atom. The molecule has 7 nitrogen and oxygen atoms in total. The molecule has 0 bridgehead atoms. The number of piperidine rings is 1. The predicted molar refractivity (Wildman–Crippen MR) is 92.3 cm³/mol. The van der Waals surface area contributed by atoms with Gasteiger partial charge in [-0.2, -0.15) is 17.0 Å². The molecule has 0 aliphatic carbocycles. The zero-order valence-electron chi connectivity index (χ0n) is 14.3. The summed E-state index contributed by atoms with van der Waals surface area (Å²) in [5.41, 5.74) is 0.930. The Balaban J connectivity index is 1.86. The van der Waals surface area contributed by atoms with Crippen molar-refractivity contribution in [3.05, 3.63) is 42.1 Å². The van der Waals surface area contributed by atoms with E-state index < -0.39 is 10.2 Å². The second-order valence-electron chi connectivity index (χ2n) is 6.25. The molecule has 0 N–H and O–H groups in total. The Morgan fingerprint density at radius 3 is 2.75 bits per heavy atom. The van der Waals surface area contributed by atoms with Gasteiger partial charge in [-0.25, -0.2) is 9.97 Å². The summed E-state index contributed by atoms with van der Waals surface area (Å²) < 4.78 is 29.5. The van der Waals surface area contributed by atoms with E-state index in [9.17, 15) is 8.42 Å². The van der Waals surface area contributed by atoms with Gasteiger partial charge in [0.25, 0.3) is 10.2 Å². The van der Waals surface area contributed by atoms with Crippen LogP contribution in [0.15, 0.2) is 30.6 Å². The van der Waals surface area contributed by atoms with Crippen LogP contribution in [0.5, 0.6) is 0 Å². The molecule has 1 aliphatic rings. The number of pyridine rings is 1. The van der Waals surface area contributed by atoms with Crippen LogP contribution in [0.3, 0.4) is 0 Å². The fourth-order valence-electron chi connectivity index (χ4n) is 3.05. The lowest BCUT2D eigenvalue weighted by atomic mass is 9.95. The van der Waals surface area contributed by atoms with Crippen molar-refractivity contribution in [2.75, 3.05) is 27.2 Å². The maximum absolute atomic E-state index is 12.4. The number of aromatic nitrogens is 3. The summed E-state index contributed by atoms with van der Waals surface area (Å²) in [5, 5.41) is 0. The largest absolute Gasteiger partial charge is 0.288 e. The summed E-state index contributed by atoms with van der Waals surface area (Å²) in [6.07, 6.45) is 5.41. The van der Waals surface area contributed by atoms with Crippen molar-refractivity contribution >= 4 is 10.2 Å². The molecule has 1 unspecified atom stereocenters. The van der Waals surface area contributed by atoms with Gasteiger partial charge in [0.15, 0.2) is 0 Å². The Morgan fingerprint density at radius 1 is 1.29 bits per heavy atom. The molecule has 8 heteroatoms. The second-order valence-corrected chi connectivity index (χ2v) is 8.39. The monoisotopic (exact) mass is 349 g/mol. The molecule has 3 heterocycles. The van der Waals surface area contributed by atoms with Crippen molar-refractivity contribution in [2.45, 2.75) is 25.7 Å². The van der Waals surface area contributed by atoms with Crippen molar-refractivity contribution in [2.24, 2.45) is 0 Å². The van der Waals surface area contributed by atoms with Crippen molar-refractivity contribution < 1.29 is 8.42 Å². The minimum Gasteiger partial charge on any atom is -0.288 e. The Bertz CT molecular complexity index is 815. The number of aryl methyl sites for hydroxylation is 1. The van der Waals surface area contributed by atoms with E-state index in [0.717, 1.165) is 30.2 Å². The summed E-state index contributed by atoms with van der Waals surface area (Å²) >= 11 is 0. The highest BCUT2D eigenvalue weighted by atomic mass is 32.2. The van der Waals surface area contributed by atoms with Crippen LogP contribution in [0.2, 0.25) is 0 Å². The van der Waals surface area contributed by atoms with E-state index in [1.165, 1.54) is 4.31 Å². The molecule has 1 aliphatic heterocycles. The predicted octanol–water partition coefficient (Wildman–Crippen LogP) is 1.56. The molecule has 2 aromatic heterocycles. The molecule has 0 aromatic carbocycles. The highest BCUT2D eigenvalue weighted by Crippen LogP contribution is 2.28. The van der Waals surface area contributed by atoms with E-state index in [1.54, 1.807) is 24.6 Å². The van der Waals surface area contributed by atoms with Gasteiger partial charge >= 0.3 is 0 Å².